The molecule has 12 heteroatoms. The second kappa shape index (κ2) is 11.8. The van der Waals surface area contributed by atoms with Crippen molar-refractivity contribution in [2.75, 3.05) is 45.7 Å². The number of hydrogen-bond donors (Lipinski definition) is 2. The minimum absolute atomic E-state index is 0.0155. The number of urea groups is 1. The van der Waals surface area contributed by atoms with E-state index in [0.717, 1.165) is 35.6 Å². The molecule has 1 aliphatic rings. The number of likely N-dealkylation sites (tertiary alicyclic amines) is 1. The Labute approximate surface area is 218 Å². The van der Waals surface area contributed by atoms with Gasteiger partial charge in [0.25, 0.3) is 5.91 Å². The number of anilines is 1. The molecule has 4 amide bonds. The van der Waals surface area contributed by atoms with Crippen molar-refractivity contribution in [3.8, 4) is 0 Å². The Kier molecular flexibility index (Phi) is 9.03. The zero-order valence-electron chi connectivity index (χ0n) is 20.7. The van der Waals surface area contributed by atoms with Crippen LogP contribution in [0.5, 0.6) is 0 Å². The average molecular weight is 540 g/mol. The normalized spacial score (nSPS) is 15.8. The summed E-state index contributed by atoms with van der Waals surface area (Å²) in [5, 5.41) is 5.88. The highest BCUT2D eigenvalue weighted by molar-refractivity contribution is 6.30. The molecule has 1 atom stereocenters. The van der Waals surface area contributed by atoms with Crippen LogP contribution in [0.25, 0.3) is 0 Å². The summed E-state index contributed by atoms with van der Waals surface area (Å²) >= 11 is 5.92. The largest absolute Gasteiger partial charge is 0.416 e. The van der Waals surface area contributed by atoms with Crippen molar-refractivity contribution >= 4 is 35.1 Å². The number of carbonyl (C=O) groups excluding carboxylic acids is 3. The monoisotopic (exact) mass is 539 g/mol. The molecule has 200 valence electrons. The number of hydrogen-bond acceptors (Lipinski definition) is 4. The molecule has 1 fully saturated rings. The third kappa shape index (κ3) is 7.59. The van der Waals surface area contributed by atoms with E-state index in [0.29, 0.717) is 24.2 Å². The fourth-order valence-corrected chi connectivity index (χ4v) is 4.19. The predicted octanol–water partition coefficient (Wildman–Crippen LogP) is 3.60. The predicted molar refractivity (Wildman–Crippen MR) is 135 cm³/mol. The Morgan fingerprint density at radius 1 is 1.08 bits per heavy atom. The van der Waals surface area contributed by atoms with Crippen LogP contribution in [-0.4, -0.2) is 74.5 Å². The molecule has 0 aliphatic carbocycles. The Balaban J connectivity index is 1.61. The third-order valence-corrected chi connectivity index (χ3v) is 6.22. The number of rotatable bonds is 7. The summed E-state index contributed by atoms with van der Waals surface area (Å²) in [6.45, 7) is 1.68. The number of alkyl halides is 3. The maximum Gasteiger partial charge on any atom is 0.416 e. The Morgan fingerprint density at radius 2 is 1.76 bits per heavy atom. The van der Waals surface area contributed by atoms with Gasteiger partial charge in [0.1, 0.15) is 0 Å². The quantitative estimate of drug-likeness (QED) is 0.563. The van der Waals surface area contributed by atoms with E-state index in [-0.39, 0.29) is 17.3 Å². The molecule has 8 nitrogen and oxygen atoms in total. The number of carbonyl (C=O) groups is 3. The van der Waals surface area contributed by atoms with Gasteiger partial charge < -0.3 is 15.5 Å². The van der Waals surface area contributed by atoms with Crippen LogP contribution >= 0.6 is 11.6 Å². The summed E-state index contributed by atoms with van der Waals surface area (Å²) in [6, 6.07) is 9.40. The number of nitrogens with one attached hydrogen (secondary N) is 2. The zero-order valence-corrected chi connectivity index (χ0v) is 21.5. The van der Waals surface area contributed by atoms with Crippen LogP contribution in [0.4, 0.5) is 23.7 Å². The lowest BCUT2D eigenvalue weighted by Gasteiger charge is -2.24. The van der Waals surface area contributed by atoms with Crippen molar-refractivity contribution in [2.45, 2.75) is 25.2 Å². The summed E-state index contributed by atoms with van der Waals surface area (Å²) < 4.78 is 39.9. The summed E-state index contributed by atoms with van der Waals surface area (Å²) in [7, 11) is 4.31. The van der Waals surface area contributed by atoms with Crippen molar-refractivity contribution in [2.24, 2.45) is 0 Å². The molecular weight excluding hydrogens is 511 g/mol. The van der Waals surface area contributed by atoms with Crippen LogP contribution in [0.1, 0.15) is 27.9 Å². The third-order valence-electron chi connectivity index (χ3n) is 5.97. The second-order valence-corrected chi connectivity index (χ2v) is 9.50. The molecule has 0 spiro atoms. The van der Waals surface area contributed by atoms with E-state index in [2.05, 4.69) is 15.5 Å². The van der Waals surface area contributed by atoms with E-state index in [4.69, 9.17) is 11.6 Å². The van der Waals surface area contributed by atoms with E-state index in [1.165, 1.54) is 26.0 Å². The van der Waals surface area contributed by atoms with Gasteiger partial charge in [-0.3, -0.25) is 19.4 Å². The lowest BCUT2D eigenvalue weighted by molar-refractivity contribution is -0.137. The van der Waals surface area contributed by atoms with E-state index in [1.54, 1.807) is 0 Å². The van der Waals surface area contributed by atoms with Gasteiger partial charge in [-0.25, -0.2) is 4.79 Å². The minimum Gasteiger partial charge on any atom is -0.350 e. The average Bonchev–Trinajstić information content (AvgIpc) is 3.28. The first-order chi connectivity index (χ1) is 17.3. The summed E-state index contributed by atoms with van der Waals surface area (Å²) in [5.41, 5.74) is -0.324. The Morgan fingerprint density at radius 3 is 2.38 bits per heavy atom. The standard InChI is InChI=1S/C25H29ClF3N5O3/c1-32(2)24(37)33(3)21-9-6-17(25(27,28)29)12-20(21)23(36)30-13-22(35)31-19-10-11-34(15-19)14-16-4-7-18(26)8-5-16/h4-9,12,19H,10-11,13-15H2,1-3H3,(H,30,36)(H,31,35)/t19-/m1/s1. The fourth-order valence-electron chi connectivity index (χ4n) is 4.07. The number of halogens is 4. The molecular formula is C25H29ClF3N5O3. The van der Waals surface area contributed by atoms with Crippen LogP contribution in [-0.2, 0) is 17.5 Å². The van der Waals surface area contributed by atoms with Crippen molar-refractivity contribution in [3.63, 3.8) is 0 Å². The van der Waals surface area contributed by atoms with E-state index in [1.807, 2.05) is 24.3 Å². The maximum absolute atomic E-state index is 13.3. The number of benzene rings is 2. The van der Waals surface area contributed by atoms with Gasteiger partial charge in [0.05, 0.1) is 23.4 Å². The second-order valence-electron chi connectivity index (χ2n) is 9.06. The Hall–Kier alpha value is -3.31. The molecule has 1 aliphatic heterocycles. The van der Waals surface area contributed by atoms with Crippen LogP contribution in [0.2, 0.25) is 5.02 Å². The van der Waals surface area contributed by atoms with Gasteiger partial charge in [-0.2, -0.15) is 13.2 Å². The van der Waals surface area contributed by atoms with E-state index >= 15 is 0 Å². The molecule has 1 saturated heterocycles. The van der Waals surface area contributed by atoms with Crippen molar-refractivity contribution < 1.29 is 27.6 Å². The lowest BCUT2D eigenvalue weighted by Crippen LogP contribution is -2.43. The van der Waals surface area contributed by atoms with E-state index < -0.39 is 36.1 Å². The zero-order chi connectivity index (χ0) is 27.3. The first-order valence-corrected chi connectivity index (χ1v) is 11.9. The smallest absolute Gasteiger partial charge is 0.350 e. The SMILES string of the molecule is CN(C)C(=O)N(C)c1ccc(C(F)(F)F)cc1C(=O)NCC(=O)N[C@@H]1CCN(Cc2ccc(Cl)cc2)C1. The molecule has 37 heavy (non-hydrogen) atoms. The summed E-state index contributed by atoms with van der Waals surface area (Å²) in [5.74, 6) is -1.36. The van der Waals surface area contributed by atoms with Gasteiger partial charge in [-0.05, 0) is 42.3 Å². The summed E-state index contributed by atoms with van der Waals surface area (Å²) in [6.07, 6.45) is -3.96. The molecule has 0 aromatic heterocycles. The van der Waals surface area contributed by atoms with Crippen molar-refractivity contribution in [1.29, 1.82) is 0 Å². The van der Waals surface area contributed by atoms with E-state index in [9.17, 15) is 27.6 Å². The molecule has 2 aromatic carbocycles. The highest BCUT2D eigenvalue weighted by Gasteiger charge is 2.33. The van der Waals surface area contributed by atoms with Crippen LogP contribution < -0.4 is 15.5 Å². The van der Waals surface area contributed by atoms with Gasteiger partial charge in [-0.15, -0.1) is 0 Å². The molecule has 2 aromatic rings. The number of nitrogens with zero attached hydrogens (tertiary/aromatic N) is 3. The van der Waals surface area contributed by atoms with Gasteiger partial charge in [0.2, 0.25) is 5.91 Å². The first-order valence-electron chi connectivity index (χ1n) is 11.6. The molecule has 1 heterocycles. The topological polar surface area (TPSA) is 85.0 Å². The molecule has 0 bridgehead atoms. The minimum atomic E-state index is -4.69. The van der Waals surface area contributed by atoms with Crippen LogP contribution in [0.3, 0.4) is 0 Å². The van der Waals surface area contributed by atoms with Gasteiger partial charge >= 0.3 is 12.2 Å². The Bertz CT molecular complexity index is 1140. The van der Waals surface area contributed by atoms with Crippen LogP contribution in [0.15, 0.2) is 42.5 Å². The fraction of sp³-hybridized carbons (Fsp3) is 0.400. The van der Waals surface area contributed by atoms with Crippen LogP contribution in [0, 0.1) is 0 Å². The molecule has 3 rings (SSSR count). The maximum atomic E-state index is 13.3. The van der Waals surface area contributed by atoms with Gasteiger partial charge in [-0.1, -0.05) is 23.7 Å². The molecule has 0 radical (unpaired) electrons. The highest BCUT2D eigenvalue weighted by Crippen LogP contribution is 2.33. The van der Waals surface area contributed by atoms with Gasteiger partial charge in [0, 0.05) is 51.8 Å². The van der Waals surface area contributed by atoms with Gasteiger partial charge in [0.15, 0.2) is 0 Å². The molecule has 2 N–H and O–H groups in total. The number of amides is 4. The first kappa shape index (κ1) is 28.3. The molecule has 0 unspecified atom stereocenters. The summed E-state index contributed by atoms with van der Waals surface area (Å²) in [4.78, 5) is 42.1. The molecule has 0 saturated carbocycles. The van der Waals surface area contributed by atoms with Crippen molar-refractivity contribution in [1.82, 2.24) is 20.4 Å². The van der Waals surface area contributed by atoms with Crippen molar-refractivity contribution in [3.05, 3.63) is 64.2 Å². The lowest BCUT2D eigenvalue weighted by atomic mass is 10.1. The highest BCUT2D eigenvalue weighted by atomic mass is 35.5.